The number of hydrogen-bond acceptors (Lipinski definition) is 5. The number of benzene rings is 2. The summed E-state index contributed by atoms with van der Waals surface area (Å²) in [6.45, 7) is 2.65. The third-order valence-corrected chi connectivity index (χ3v) is 5.32. The number of amides is 1. The van der Waals surface area contributed by atoms with Crippen LogP contribution in [0.4, 0.5) is 5.69 Å². The van der Waals surface area contributed by atoms with Crippen LogP contribution in [0, 0.1) is 6.92 Å². The van der Waals surface area contributed by atoms with E-state index in [0.717, 1.165) is 5.56 Å². The number of sulfonamides is 1. The highest BCUT2D eigenvalue weighted by Gasteiger charge is 2.17. The van der Waals surface area contributed by atoms with E-state index in [1.807, 2.05) is 19.1 Å². The number of aryl methyl sites for hydroxylation is 1. The highest BCUT2D eigenvalue weighted by atomic mass is 32.2. The zero-order chi connectivity index (χ0) is 19.9. The van der Waals surface area contributed by atoms with Crippen molar-refractivity contribution in [3.05, 3.63) is 53.6 Å². The third-order valence-electron chi connectivity index (χ3n) is 3.86. The van der Waals surface area contributed by atoms with E-state index in [2.05, 4.69) is 10.0 Å². The van der Waals surface area contributed by atoms with Gasteiger partial charge in [0.1, 0.15) is 5.75 Å². The van der Waals surface area contributed by atoms with Gasteiger partial charge < -0.3 is 14.8 Å². The average Bonchev–Trinajstić information content (AvgIpc) is 2.65. The van der Waals surface area contributed by atoms with Gasteiger partial charge in [-0.15, -0.1) is 0 Å². The monoisotopic (exact) mass is 392 g/mol. The van der Waals surface area contributed by atoms with Gasteiger partial charge in [0.05, 0.1) is 17.7 Å². The van der Waals surface area contributed by atoms with Crippen LogP contribution in [0.5, 0.6) is 5.75 Å². The largest absolute Gasteiger partial charge is 0.495 e. The second-order valence-electron chi connectivity index (χ2n) is 5.93. The Labute approximate surface area is 159 Å². The molecule has 0 fully saturated rings. The first kappa shape index (κ1) is 20.9. The molecule has 0 saturated heterocycles. The predicted octanol–water partition coefficient (Wildman–Crippen LogP) is 2.57. The maximum absolute atomic E-state index is 12.5. The lowest BCUT2D eigenvalue weighted by Crippen LogP contribution is -2.25. The van der Waals surface area contributed by atoms with Crippen molar-refractivity contribution < 1.29 is 22.7 Å². The molecule has 0 atom stereocenters. The van der Waals surface area contributed by atoms with Crippen molar-refractivity contribution in [3.63, 3.8) is 0 Å². The summed E-state index contributed by atoms with van der Waals surface area (Å²) in [5.74, 6) is 0.0182. The molecule has 2 rings (SSSR count). The molecule has 0 unspecified atom stereocenters. The Morgan fingerprint density at radius 2 is 1.78 bits per heavy atom. The minimum absolute atomic E-state index is 0.0416. The van der Waals surface area contributed by atoms with Crippen molar-refractivity contribution >= 4 is 21.6 Å². The number of rotatable bonds is 9. The van der Waals surface area contributed by atoms with Crippen molar-refractivity contribution in [2.24, 2.45) is 0 Å². The molecule has 27 heavy (non-hydrogen) atoms. The maximum Gasteiger partial charge on any atom is 0.255 e. The number of anilines is 1. The van der Waals surface area contributed by atoms with Crippen LogP contribution < -0.4 is 14.8 Å². The third kappa shape index (κ3) is 5.78. The molecule has 0 aliphatic heterocycles. The lowest BCUT2D eigenvalue weighted by atomic mass is 10.1. The molecule has 0 aromatic heterocycles. The van der Waals surface area contributed by atoms with Crippen LogP contribution in [0.15, 0.2) is 47.4 Å². The molecular weight excluding hydrogens is 368 g/mol. The first-order chi connectivity index (χ1) is 12.9. The fourth-order valence-electron chi connectivity index (χ4n) is 2.36. The molecule has 2 N–H and O–H groups in total. The summed E-state index contributed by atoms with van der Waals surface area (Å²) in [4.78, 5) is 12.5. The highest BCUT2D eigenvalue weighted by Crippen LogP contribution is 2.28. The Kier molecular flexibility index (Phi) is 7.35. The fraction of sp³-hybridized carbons (Fsp3) is 0.316. The predicted molar refractivity (Wildman–Crippen MR) is 104 cm³/mol. The smallest absolute Gasteiger partial charge is 0.255 e. The second-order valence-corrected chi connectivity index (χ2v) is 7.69. The molecule has 0 aliphatic carbocycles. The number of hydrogen-bond donors (Lipinski definition) is 2. The summed E-state index contributed by atoms with van der Waals surface area (Å²) in [6, 6.07) is 11.4. The maximum atomic E-state index is 12.5. The molecule has 0 heterocycles. The van der Waals surface area contributed by atoms with Gasteiger partial charge in [-0.05, 0) is 43.7 Å². The normalized spacial score (nSPS) is 11.2. The summed E-state index contributed by atoms with van der Waals surface area (Å²) < 4.78 is 37.5. The zero-order valence-corrected chi connectivity index (χ0v) is 16.4. The van der Waals surface area contributed by atoms with Gasteiger partial charge in [-0.3, -0.25) is 4.79 Å². The summed E-state index contributed by atoms with van der Waals surface area (Å²) in [7, 11) is -0.698. The molecule has 7 nitrogen and oxygen atoms in total. The molecule has 1 amide bonds. The van der Waals surface area contributed by atoms with E-state index >= 15 is 0 Å². The van der Waals surface area contributed by atoms with Gasteiger partial charge in [0, 0.05) is 25.8 Å². The van der Waals surface area contributed by atoms with Crippen LogP contribution in [0.3, 0.4) is 0 Å². The molecule has 0 bridgehead atoms. The van der Waals surface area contributed by atoms with Crippen LogP contribution in [-0.4, -0.2) is 41.7 Å². The lowest BCUT2D eigenvalue weighted by molar-refractivity contribution is 0.102. The minimum atomic E-state index is -3.71. The van der Waals surface area contributed by atoms with E-state index in [4.69, 9.17) is 9.47 Å². The van der Waals surface area contributed by atoms with Crippen LogP contribution in [-0.2, 0) is 14.8 Å². The Bertz CT molecular complexity index is 879. The Balaban J connectivity index is 2.21. The minimum Gasteiger partial charge on any atom is -0.495 e. The van der Waals surface area contributed by atoms with Gasteiger partial charge in [-0.25, -0.2) is 13.1 Å². The van der Waals surface area contributed by atoms with E-state index in [0.29, 0.717) is 24.3 Å². The van der Waals surface area contributed by atoms with Crippen LogP contribution >= 0.6 is 0 Å². The van der Waals surface area contributed by atoms with E-state index in [1.54, 1.807) is 19.2 Å². The van der Waals surface area contributed by atoms with E-state index in [9.17, 15) is 13.2 Å². The van der Waals surface area contributed by atoms with Crippen molar-refractivity contribution in [2.45, 2.75) is 18.2 Å². The first-order valence-electron chi connectivity index (χ1n) is 8.42. The summed E-state index contributed by atoms with van der Waals surface area (Å²) in [5.41, 5.74) is 1.79. The molecule has 0 aliphatic rings. The first-order valence-corrected chi connectivity index (χ1v) is 9.90. The van der Waals surface area contributed by atoms with Crippen molar-refractivity contribution in [1.29, 1.82) is 0 Å². The van der Waals surface area contributed by atoms with E-state index in [-0.39, 0.29) is 23.0 Å². The number of nitrogens with one attached hydrogen (secondary N) is 2. The molecule has 2 aromatic carbocycles. The number of methoxy groups -OCH3 is 2. The highest BCUT2D eigenvalue weighted by molar-refractivity contribution is 7.89. The topological polar surface area (TPSA) is 93.7 Å². The Morgan fingerprint density at radius 3 is 2.41 bits per heavy atom. The standard InChI is InChI=1S/C19H24N2O5S/c1-14-5-7-15(8-6-14)19(22)21-17-13-16(9-10-18(17)26-3)27(23,24)20-11-4-12-25-2/h5-10,13,20H,4,11-12H2,1-3H3,(H,21,22). The van der Waals surface area contributed by atoms with Gasteiger partial charge in [-0.2, -0.15) is 0 Å². The van der Waals surface area contributed by atoms with Crippen molar-refractivity contribution in [2.75, 3.05) is 32.7 Å². The lowest BCUT2D eigenvalue weighted by Gasteiger charge is -2.13. The number of carbonyl (C=O) groups excluding carboxylic acids is 1. The number of carbonyl (C=O) groups is 1. The quantitative estimate of drug-likeness (QED) is 0.640. The second kappa shape index (κ2) is 9.50. The SMILES string of the molecule is COCCCNS(=O)(=O)c1ccc(OC)c(NC(=O)c2ccc(C)cc2)c1. The van der Waals surface area contributed by atoms with Crippen LogP contribution in [0.25, 0.3) is 0 Å². The zero-order valence-electron chi connectivity index (χ0n) is 15.6. The van der Waals surface area contributed by atoms with Gasteiger partial charge in [0.2, 0.25) is 10.0 Å². The summed E-state index contributed by atoms with van der Waals surface area (Å²) in [5, 5.41) is 2.71. The van der Waals surface area contributed by atoms with Crippen molar-refractivity contribution in [3.8, 4) is 5.75 Å². The van der Waals surface area contributed by atoms with Crippen molar-refractivity contribution in [1.82, 2.24) is 4.72 Å². The molecule has 0 spiro atoms. The van der Waals surface area contributed by atoms with Gasteiger partial charge in [0.15, 0.2) is 0 Å². The van der Waals surface area contributed by atoms with Gasteiger partial charge in [-0.1, -0.05) is 17.7 Å². The molecular formula is C19H24N2O5S. The molecule has 0 saturated carbocycles. The summed E-state index contributed by atoms with van der Waals surface area (Å²) in [6.07, 6.45) is 0.558. The van der Waals surface area contributed by atoms with Gasteiger partial charge >= 0.3 is 0 Å². The van der Waals surface area contributed by atoms with Crippen LogP contribution in [0.2, 0.25) is 0 Å². The molecule has 146 valence electrons. The molecule has 0 radical (unpaired) electrons. The average molecular weight is 392 g/mol. The van der Waals surface area contributed by atoms with Crippen LogP contribution in [0.1, 0.15) is 22.3 Å². The summed E-state index contributed by atoms with van der Waals surface area (Å²) >= 11 is 0. The van der Waals surface area contributed by atoms with Gasteiger partial charge in [0.25, 0.3) is 5.91 Å². The Hall–Kier alpha value is -2.42. The number of ether oxygens (including phenoxy) is 2. The molecule has 8 heteroatoms. The molecule has 2 aromatic rings. The Morgan fingerprint density at radius 1 is 1.07 bits per heavy atom. The van der Waals surface area contributed by atoms with E-state index in [1.165, 1.54) is 25.3 Å². The van der Waals surface area contributed by atoms with E-state index < -0.39 is 10.0 Å². The fourth-order valence-corrected chi connectivity index (χ4v) is 3.46.